The van der Waals surface area contributed by atoms with Crippen LogP contribution in [0.4, 0.5) is 5.82 Å². The average molecular weight is 286 g/mol. The van der Waals surface area contributed by atoms with Gasteiger partial charge in [-0.25, -0.2) is 4.98 Å². The topological polar surface area (TPSA) is 62.7 Å². The second kappa shape index (κ2) is 5.33. The lowest BCUT2D eigenvalue weighted by molar-refractivity contribution is -0.141. The number of hydrogen-bond acceptors (Lipinski definition) is 4. The van der Waals surface area contributed by atoms with Crippen molar-refractivity contribution in [3.05, 3.63) is 35.9 Å². The predicted molar refractivity (Wildman–Crippen MR) is 80.6 cm³/mol. The zero-order valence-electron chi connectivity index (χ0n) is 12.1. The van der Waals surface area contributed by atoms with Gasteiger partial charge in [-0.3, -0.25) is 4.79 Å². The van der Waals surface area contributed by atoms with Crippen LogP contribution in [-0.4, -0.2) is 42.4 Å². The van der Waals surface area contributed by atoms with E-state index in [1.165, 1.54) is 0 Å². The number of carboxylic acids is 1. The smallest absolute Gasteiger partial charge is 0.311 e. The third-order valence-corrected chi connectivity index (χ3v) is 4.09. The van der Waals surface area contributed by atoms with Crippen LogP contribution in [0.25, 0.3) is 10.9 Å². The van der Waals surface area contributed by atoms with E-state index in [0.717, 1.165) is 22.3 Å². The van der Waals surface area contributed by atoms with Crippen molar-refractivity contribution in [3.8, 4) is 0 Å². The number of fused-ring (bicyclic) bond motifs is 1. The van der Waals surface area contributed by atoms with Crippen LogP contribution in [0.3, 0.4) is 0 Å². The summed E-state index contributed by atoms with van der Waals surface area (Å²) in [6.45, 7) is 2.68. The van der Waals surface area contributed by atoms with E-state index in [0.29, 0.717) is 6.61 Å². The molecule has 0 spiro atoms. The highest BCUT2D eigenvalue weighted by Crippen LogP contribution is 2.27. The molecule has 0 bridgehead atoms. The maximum atomic E-state index is 11.3. The fourth-order valence-electron chi connectivity index (χ4n) is 2.89. The lowest BCUT2D eigenvalue weighted by Gasteiger charge is -2.28. The number of benzene rings is 1. The third kappa shape index (κ3) is 2.45. The van der Waals surface area contributed by atoms with Gasteiger partial charge in [0, 0.05) is 12.4 Å². The van der Waals surface area contributed by atoms with Crippen molar-refractivity contribution in [1.29, 1.82) is 0 Å². The minimum absolute atomic E-state index is 0.185. The molecule has 1 aliphatic heterocycles. The number of rotatable bonds is 3. The Morgan fingerprint density at radius 2 is 2.14 bits per heavy atom. The molecule has 1 saturated heterocycles. The van der Waals surface area contributed by atoms with Crippen LogP contribution in [0.2, 0.25) is 0 Å². The molecular weight excluding hydrogens is 268 g/mol. The Kier molecular flexibility index (Phi) is 3.51. The number of para-hydroxylation sites is 1. The highest BCUT2D eigenvalue weighted by molar-refractivity contribution is 5.82. The molecule has 1 aromatic heterocycles. The van der Waals surface area contributed by atoms with E-state index in [9.17, 15) is 9.90 Å². The number of aryl methyl sites for hydroxylation is 1. The molecule has 0 radical (unpaired) electrons. The van der Waals surface area contributed by atoms with Crippen LogP contribution in [0.5, 0.6) is 0 Å². The fraction of sp³-hybridized carbons (Fsp3) is 0.375. The van der Waals surface area contributed by atoms with Gasteiger partial charge in [0.15, 0.2) is 0 Å². The molecule has 3 rings (SSSR count). The number of pyridine rings is 1. The van der Waals surface area contributed by atoms with Crippen molar-refractivity contribution < 1.29 is 14.6 Å². The van der Waals surface area contributed by atoms with Crippen LogP contribution in [0.15, 0.2) is 30.3 Å². The van der Waals surface area contributed by atoms with Crippen molar-refractivity contribution >= 4 is 22.7 Å². The van der Waals surface area contributed by atoms with Crippen LogP contribution in [-0.2, 0) is 9.53 Å². The first kappa shape index (κ1) is 13.8. The highest BCUT2D eigenvalue weighted by atomic mass is 16.5. The number of carboxylic acid groups (broad SMARTS) is 1. The van der Waals surface area contributed by atoms with E-state index in [-0.39, 0.29) is 12.6 Å². The molecule has 2 unspecified atom stereocenters. The molecule has 1 aromatic carbocycles. The number of ether oxygens (including phenoxy) is 1. The zero-order valence-corrected chi connectivity index (χ0v) is 12.1. The van der Waals surface area contributed by atoms with E-state index < -0.39 is 11.9 Å². The summed E-state index contributed by atoms with van der Waals surface area (Å²) in [6.07, 6.45) is 0. The number of nitrogens with zero attached hydrogens (tertiary/aromatic N) is 2. The fourth-order valence-corrected chi connectivity index (χ4v) is 2.89. The summed E-state index contributed by atoms with van der Waals surface area (Å²) in [5, 5.41) is 10.4. The number of likely N-dealkylation sites (N-methyl/N-ethyl adjacent to an activating group) is 1. The van der Waals surface area contributed by atoms with Crippen LogP contribution in [0.1, 0.15) is 5.56 Å². The first-order valence-electron chi connectivity index (χ1n) is 6.97. The van der Waals surface area contributed by atoms with Gasteiger partial charge in [-0.05, 0) is 24.6 Å². The number of anilines is 1. The lowest BCUT2D eigenvalue weighted by atomic mass is 10.0. The minimum Gasteiger partial charge on any atom is -0.481 e. The summed E-state index contributed by atoms with van der Waals surface area (Å²) >= 11 is 0. The summed E-state index contributed by atoms with van der Waals surface area (Å²) in [6, 6.07) is 9.82. The van der Waals surface area contributed by atoms with Crippen molar-refractivity contribution in [1.82, 2.24) is 4.98 Å². The molecule has 2 aromatic rings. The number of aromatic nitrogens is 1. The molecule has 1 aliphatic rings. The summed E-state index contributed by atoms with van der Waals surface area (Å²) in [7, 11) is 1.89. The molecule has 2 heterocycles. The Morgan fingerprint density at radius 1 is 1.38 bits per heavy atom. The van der Waals surface area contributed by atoms with Crippen molar-refractivity contribution in [2.24, 2.45) is 5.92 Å². The summed E-state index contributed by atoms with van der Waals surface area (Å²) in [5.74, 6) is -0.513. The van der Waals surface area contributed by atoms with Crippen LogP contribution in [0, 0.1) is 12.8 Å². The van der Waals surface area contributed by atoms with E-state index in [1.54, 1.807) is 0 Å². The van der Waals surface area contributed by atoms with Gasteiger partial charge >= 0.3 is 5.97 Å². The van der Waals surface area contributed by atoms with E-state index >= 15 is 0 Å². The molecule has 5 heteroatoms. The Hall–Kier alpha value is -2.14. The number of aliphatic carboxylic acids is 1. The quantitative estimate of drug-likeness (QED) is 0.936. The zero-order chi connectivity index (χ0) is 15.0. The van der Waals surface area contributed by atoms with Crippen LogP contribution >= 0.6 is 0 Å². The molecule has 1 N–H and O–H groups in total. The van der Waals surface area contributed by atoms with E-state index in [2.05, 4.69) is 6.07 Å². The lowest BCUT2D eigenvalue weighted by Crippen LogP contribution is -2.41. The largest absolute Gasteiger partial charge is 0.481 e. The highest BCUT2D eigenvalue weighted by Gasteiger charge is 2.37. The van der Waals surface area contributed by atoms with Gasteiger partial charge < -0.3 is 14.7 Å². The molecule has 5 nitrogen and oxygen atoms in total. The monoisotopic (exact) mass is 286 g/mol. The van der Waals surface area contributed by atoms with Gasteiger partial charge in [0.05, 0.1) is 24.8 Å². The second-order valence-electron chi connectivity index (χ2n) is 5.48. The van der Waals surface area contributed by atoms with Crippen molar-refractivity contribution in [3.63, 3.8) is 0 Å². The first-order valence-corrected chi connectivity index (χ1v) is 6.97. The predicted octanol–water partition coefficient (Wildman–Crippen LogP) is 2.08. The average Bonchev–Trinajstić information content (AvgIpc) is 2.95. The molecule has 21 heavy (non-hydrogen) atoms. The van der Waals surface area contributed by atoms with Crippen molar-refractivity contribution in [2.75, 3.05) is 25.2 Å². The molecule has 2 atom stereocenters. The molecule has 0 saturated carbocycles. The molecule has 1 fully saturated rings. The Morgan fingerprint density at radius 3 is 2.90 bits per heavy atom. The van der Waals surface area contributed by atoms with Gasteiger partial charge in [-0.2, -0.15) is 0 Å². The standard InChI is InChI=1S/C16H18N2O3/c1-10-7-11-5-3-4-6-13(11)17-15(10)18(2)14-9-21-8-12(14)16(19)20/h3-7,12,14H,8-9H2,1-2H3,(H,19,20). The van der Waals surface area contributed by atoms with E-state index in [4.69, 9.17) is 9.72 Å². The molecular formula is C16H18N2O3. The van der Waals surface area contributed by atoms with Gasteiger partial charge in [-0.1, -0.05) is 18.2 Å². The normalized spacial score (nSPS) is 21.6. The molecule has 0 aliphatic carbocycles. The number of carbonyl (C=O) groups is 1. The maximum absolute atomic E-state index is 11.3. The first-order chi connectivity index (χ1) is 10.1. The number of hydrogen-bond donors (Lipinski definition) is 1. The summed E-state index contributed by atoms with van der Waals surface area (Å²) < 4.78 is 5.35. The van der Waals surface area contributed by atoms with Gasteiger partial charge in [0.2, 0.25) is 0 Å². The summed E-state index contributed by atoms with van der Waals surface area (Å²) in [5.41, 5.74) is 1.95. The van der Waals surface area contributed by atoms with Gasteiger partial charge in [-0.15, -0.1) is 0 Å². The van der Waals surface area contributed by atoms with Crippen molar-refractivity contribution in [2.45, 2.75) is 13.0 Å². The Labute approximate surface area is 123 Å². The molecule has 110 valence electrons. The van der Waals surface area contributed by atoms with E-state index in [1.807, 2.05) is 43.1 Å². The van der Waals surface area contributed by atoms with Gasteiger partial charge in [0.1, 0.15) is 11.7 Å². The Bertz CT molecular complexity index is 686. The summed E-state index contributed by atoms with van der Waals surface area (Å²) in [4.78, 5) is 17.9. The maximum Gasteiger partial charge on any atom is 0.311 e. The second-order valence-corrected chi connectivity index (χ2v) is 5.48. The SMILES string of the molecule is Cc1cc2ccccc2nc1N(C)C1COCC1C(=O)O. The third-order valence-electron chi connectivity index (χ3n) is 4.09. The molecule has 0 amide bonds. The van der Waals surface area contributed by atoms with Crippen LogP contribution < -0.4 is 4.90 Å². The Balaban J connectivity index is 1.99. The minimum atomic E-state index is -0.817. The van der Waals surface area contributed by atoms with Gasteiger partial charge in [0.25, 0.3) is 0 Å².